The molecule has 2 aliphatic rings. The maximum Gasteiger partial charge on any atom is 0.409 e. The van der Waals surface area contributed by atoms with Crippen LogP contribution >= 0.6 is 0 Å². The standard InChI is InChI=1S/C23H23NO2/c1-2-17-9-7-8-14-24(15-17)23(25)26-16-22-20-12-5-3-10-18(20)19-11-4-6-13-21(19)22/h1,3-6,10-13,17,22H,7-9,14-16H2. The second kappa shape index (κ2) is 7.25. The van der Waals surface area contributed by atoms with Crippen molar-refractivity contribution in [2.24, 2.45) is 5.92 Å². The van der Waals surface area contributed by atoms with E-state index in [0.29, 0.717) is 13.2 Å². The van der Waals surface area contributed by atoms with Crippen molar-refractivity contribution in [2.75, 3.05) is 19.7 Å². The number of ether oxygens (including phenoxy) is 1. The average molecular weight is 345 g/mol. The lowest BCUT2D eigenvalue weighted by atomic mass is 9.98. The summed E-state index contributed by atoms with van der Waals surface area (Å²) < 4.78 is 5.75. The van der Waals surface area contributed by atoms with Crippen LogP contribution in [0.2, 0.25) is 0 Å². The minimum atomic E-state index is -0.242. The number of carbonyl (C=O) groups excluding carboxylic acids is 1. The molecule has 1 fully saturated rings. The summed E-state index contributed by atoms with van der Waals surface area (Å²) in [6, 6.07) is 16.8. The van der Waals surface area contributed by atoms with Gasteiger partial charge in [-0.25, -0.2) is 4.79 Å². The Labute approximate surface area is 155 Å². The molecule has 1 amide bonds. The van der Waals surface area contributed by atoms with Gasteiger partial charge in [0.25, 0.3) is 0 Å². The predicted molar refractivity (Wildman–Crippen MR) is 103 cm³/mol. The molecule has 1 atom stereocenters. The van der Waals surface area contributed by atoms with Gasteiger partial charge in [0.2, 0.25) is 0 Å². The molecular weight excluding hydrogens is 322 g/mol. The zero-order valence-electron chi connectivity index (χ0n) is 14.9. The van der Waals surface area contributed by atoms with Gasteiger partial charge < -0.3 is 9.64 Å². The topological polar surface area (TPSA) is 29.5 Å². The number of rotatable bonds is 2. The molecule has 132 valence electrons. The van der Waals surface area contributed by atoms with E-state index < -0.39 is 0 Å². The molecule has 3 heteroatoms. The first-order chi connectivity index (χ1) is 12.8. The number of likely N-dealkylation sites (tertiary alicyclic amines) is 1. The third-order valence-corrected chi connectivity index (χ3v) is 5.50. The predicted octanol–water partition coefficient (Wildman–Crippen LogP) is 4.67. The highest BCUT2D eigenvalue weighted by Gasteiger charge is 2.30. The lowest BCUT2D eigenvalue weighted by molar-refractivity contribution is 0.0987. The molecule has 4 rings (SSSR count). The molecule has 0 bridgehead atoms. The van der Waals surface area contributed by atoms with Crippen LogP contribution in [0.4, 0.5) is 4.79 Å². The van der Waals surface area contributed by atoms with Gasteiger partial charge >= 0.3 is 6.09 Å². The van der Waals surface area contributed by atoms with E-state index in [4.69, 9.17) is 11.2 Å². The van der Waals surface area contributed by atoms with E-state index in [9.17, 15) is 4.79 Å². The minimum Gasteiger partial charge on any atom is -0.448 e. The smallest absolute Gasteiger partial charge is 0.409 e. The number of amides is 1. The summed E-state index contributed by atoms with van der Waals surface area (Å²) >= 11 is 0. The molecule has 26 heavy (non-hydrogen) atoms. The largest absolute Gasteiger partial charge is 0.448 e. The average Bonchev–Trinajstić information content (AvgIpc) is 2.83. The molecule has 0 saturated carbocycles. The summed E-state index contributed by atoms with van der Waals surface area (Å²) in [7, 11) is 0. The monoisotopic (exact) mass is 345 g/mol. The van der Waals surface area contributed by atoms with E-state index >= 15 is 0 Å². The van der Waals surface area contributed by atoms with Gasteiger partial charge in [-0.2, -0.15) is 0 Å². The Balaban J connectivity index is 1.49. The second-order valence-corrected chi connectivity index (χ2v) is 7.11. The third kappa shape index (κ3) is 3.08. The highest BCUT2D eigenvalue weighted by Crippen LogP contribution is 2.44. The van der Waals surface area contributed by atoms with Crippen molar-refractivity contribution in [1.82, 2.24) is 4.90 Å². The molecular formula is C23H23NO2. The number of carbonyl (C=O) groups is 1. The van der Waals surface area contributed by atoms with Crippen molar-refractivity contribution in [3.63, 3.8) is 0 Å². The number of fused-ring (bicyclic) bond motifs is 3. The molecule has 0 aromatic heterocycles. The highest BCUT2D eigenvalue weighted by molar-refractivity contribution is 5.79. The van der Waals surface area contributed by atoms with Gasteiger partial charge in [-0.3, -0.25) is 0 Å². The van der Waals surface area contributed by atoms with Crippen molar-refractivity contribution >= 4 is 6.09 Å². The maximum atomic E-state index is 12.6. The Hall–Kier alpha value is -2.73. The molecule has 1 unspecified atom stereocenters. The van der Waals surface area contributed by atoms with E-state index in [1.807, 2.05) is 12.1 Å². The molecule has 1 saturated heterocycles. The van der Waals surface area contributed by atoms with E-state index in [1.54, 1.807) is 4.90 Å². The van der Waals surface area contributed by atoms with Gasteiger partial charge in [-0.15, -0.1) is 12.3 Å². The van der Waals surface area contributed by atoms with Gasteiger partial charge in [-0.1, -0.05) is 55.0 Å². The Bertz CT molecular complexity index is 806. The number of hydrogen-bond donors (Lipinski definition) is 0. The van der Waals surface area contributed by atoms with E-state index in [1.165, 1.54) is 22.3 Å². The van der Waals surface area contributed by atoms with E-state index in [-0.39, 0.29) is 17.9 Å². The fourth-order valence-electron chi connectivity index (χ4n) is 4.13. The van der Waals surface area contributed by atoms with Crippen molar-refractivity contribution in [2.45, 2.75) is 25.2 Å². The van der Waals surface area contributed by atoms with Crippen LogP contribution in [0.3, 0.4) is 0 Å². The summed E-state index contributed by atoms with van der Waals surface area (Å²) in [5, 5.41) is 0. The SMILES string of the molecule is C#CC1CCCCN(C(=O)OCC2c3ccccc3-c3ccccc32)C1. The Morgan fingerprint density at radius 1 is 1.08 bits per heavy atom. The molecule has 0 spiro atoms. The van der Waals surface area contributed by atoms with E-state index in [2.05, 4.69) is 42.3 Å². The molecule has 1 aliphatic carbocycles. The number of nitrogens with zero attached hydrogens (tertiary/aromatic N) is 1. The van der Waals surface area contributed by atoms with Crippen LogP contribution in [0.25, 0.3) is 11.1 Å². The first-order valence-corrected chi connectivity index (χ1v) is 9.34. The number of benzene rings is 2. The minimum absolute atomic E-state index is 0.0989. The number of hydrogen-bond acceptors (Lipinski definition) is 2. The van der Waals surface area contributed by atoms with Crippen LogP contribution < -0.4 is 0 Å². The Kier molecular flexibility index (Phi) is 4.67. The number of terminal acetylenes is 1. The van der Waals surface area contributed by atoms with Crippen LogP contribution in [0, 0.1) is 18.3 Å². The van der Waals surface area contributed by atoms with Crippen molar-refractivity contribution < 1.29 is 9.53 Å². The van der Waals surface area contributed by atoms with Gasteiger partial charge in [0.05, 0.1) is 0 Å². The van der Waals surface area contributed by atoms with Gasteiger partial charge in [0, 0.05) is 24.9 Å². The Morgan fingerprint density at radius 3 is 2.38 bits per heavy atom. The van der Waals surface area contributed by atoms with Crippen molar-refractivity contribution in [3.8, 4) is 23.5 Å². The summed E-state index contributed by atoms with van der Waals surface area (Å²) in [5.41, 5.74) is 4.95. The highest BCUT2D eigenvalue weighted by atomic mass is 16.6. The summed E-state index contributed by atoms with van der Waals surface area (Å²) in [5.74, 6) is 3.04. The second-order valence-electron chi connectivity index (χ2n) is 7.11. The molecule has 0 radical (unpaired) electrons. The van der Waals surface area contributed by atoms with Gasteiger partial charge in [0.15, 0.2) is 0 Å². The first-order valence-electron chi connectivity index (χ1n) is 9.34. The third-order valence-electron chi connectivity index (χ3n) is 5.50. The van der Waals surface area contributed by atoms with Crippen molar-refractivity contribution in [1.29, 1.82) is 0 Å². The molecule has 2 aromatic rings. The van der Waals surface area contributed by atoms with Crippen LogP contribution in [0.1, 0.15) is 36.3 Å². The van der Waals surface area contributed by atoms with Crippen molar-refractivity contribution in [3.05, 3.63) is 59.7 Å². The van der Waals surface area contributed by atoms with Crippen LogP contribution in [-0.4, -0.2) is 30.7 Å². The lowest BCUT2D eigenvalue weighted by Crippen LogP contribution is -2.35. The van der Waals surface area contributed by atoms with Crippen LogP contribution in [-0.2, 0) is 4.74 Å². The molecule has 1 heterocycles. The summed E-state index contributed by atoms with van der Waals surface area (Å²) in [4.78, 5) is 14.4. The Morgan fingerprint density at radius 2 is 1.73 bits per heavy atom. The quantitative estimate of drug-likeness (QED) is 0.740. The normalized spacial score (nSPS) is 19.2. The molecule has 1 aliphatic heterocycles. The zero-order valence-corrected chi connectivity index (χ0v) is 14.9. The summed E-state index contributed by atoms with van der Waals surface area (Å²) in [6.07, 6.45) is 8.39. The van der Waals surface area contributed by atoms with Gasteiger partial charge in [-0.05, 0) is 35.1 Å². The molecule has 2 aromatic carbocycles. The lowest BCUT2D eigenvalue weighted by Gasteiger charge is -2.23. The fourth-order valence-corrected chi connectivity index (χ4v) is 4.13. The van der Waals surface area contributed by atoms with E-state index in [0.717, 1.165) is 25.8 Å². The maximum absolute atomic E-state index is 12.6. The summed E-state index contributed by atoms with van der Waals surface area (Å²) in [6.45, 7) is 1.70. The van der Waals surface area contributed by atoms with Crippen LogP contribution in [0.15, 0.2) is 48.5 Å². The molecule has 0 N–H and O–H groups in total. The van der Waals surface area contributed by atoms with Crippen LogP contribution in [0.5, 0.6) is 0 Å². The fraction of sp³-hybridized carbons (Fsp3) is 0.348. The first kappa shape index (κ1) is 16.7. The molecule has 3 nitrogen and oxygen atoms in total. The zero-order chi connectivity index (χ0) is 17.9. The van der Waals surface area contributed by atoms with Gasteiger partial charge in [0.1, 0.15) is 6.61 Å².